The molecule has 1 rings (SSSR count). The van der Waals surface area contributed by atoms with Gasteiger partial charge in [-0.3, -0.25) is 4.79 Å². The predicted molar refractivity (Wildman–Crippen MR) is 42.1 cm³/mol. The molecule has 0 aromatic carbocycles. The van der Waals surface area contributed by atoms with Crippen LogP contribution in [0.3, 0.4) is 0 Å². The zero-order valence-electron chi connectivity index (χ0n) is 7.66. The third-order valence-electron chi connectivity index (χ3n) is 2.20. The number of rotatable bonds is 1. The van der Waals surface area contributed by atoms with Crippen LogP contribution in [0, 0.1) is 11.3 Å². The van der Waals surface area contributed by atoms with E-state index in [0.717, 1.165) is 0 Å². The quantitative estimate of drug-likeness (QED) is 0.600. The first-order chi connectivity index (χ1) is 5.22. The number of hydrogen-bond acceptors (Lipinski definition) is 1. The Morgan fingerprint density at radius 3 is 2.00 bits per heavy atom. The van der Waals surface area contributed by atoms with Gasteiger partial charge >= 0.3 is 0 Å². The first-order valence-corrected chi connectivity index (χ1v) is 4.14. The van der Waals surface area contributed by atoms with E-state index in [4.69, 9.17) is 0 Å². The van der Waals surface area contributed by atoms with Crippen molar-refractivity contribution in [1.29, 1.82) is 0 Å². The highest BCUT2D eigenvalue weighted by Crippen LogP contribution is 2.45. The summed E-state index contributed by atoms with van der Waals surface area (Å²) in [4.78, 5) is 11.4. The summed E-state index contributed by atoms with van der Waals surface area (Å²) in [5, 5.41) is 0. The topological polar surface area (TPSA) is 17.1 Å². The molecule has 0 bridgehead atoms. The van der Waals surface area contributed by atoms with Crippen molar-refractivity contribution in [2.75, 3.05) is 0 Å². The molecule has 1 fully saturated rings. The molecule has 0 radical (unpaired) electrons. The van der Waals surface area contributed by atoms with Crippen molar-refractivity contribution in [3.63, 3.8) is 0 Å². The number of hydrogen-bond donors (Lipinski definition) is 0. The number of halogens is 2. The molecule has 0 aliphatic heterocycles. The van der Waals surface area contributed by atoms with E-state index in [-0.39, 0.29) is 18.6 Å². The summed E-state index contributed by atoms with van der Waals surface area (Å²) in [6, 6.07) is 0. The number of alkyl halides is 2. The Balaban J connectivity index is 2.50. The van der Waals surface area contributed by atoms with E-state index in [2.05, 4.69) is 0 Å². The average Bonchev–Trinajstić information content (AvgIpc) is 1.78. The van der Waals surface area contributed by atoms with Crippen molar-refractivity contribution in [2.45, 2.75) is 39.5 Å². The van der Waals surface area contributed by atoms with Crippen molar-refractivity contribution in [3.05, 3.63) is 0 Å². The van der Waals surface area contributed by atoms with Gasteiger partial charge < -0.3 is 0 Å². The Labute approximate surface area is 71.1 Å². The standard InChI is InChI=1S/C9H14F2O/c1-8(2,3)7(12)6-4-9(10,11)5-6/h6H,4-5H2,1-3H3. The lowest BCUT2D eigenvalue weighted by atomic mass is 9.71. The summed E-state index contributed by atoms with van der Waals surface area (Å²) in [6.45, 7) is 5.31. The first-order valence-electron chi connectivity index (χ1n) is 4.14. The van der Waals surface area contributed by atoms with Crippen molar-refractivity contribution < 1.29 is 13.6 Å². The van der Waals surface area contributed by atoms with Crippen LogP contribution in [0.5, 0.6) is 0 Å². The SMILES string of the molecule is CC(C)(C)C(=O)C1CC(F)(F)C1. The Bertz CT molecular complexity index is 195. The van der Waals surface area contributed by atoms with Gasteiger partial charge in [-0.15, -0.1) is 0 Å². The predicted octanol–water partition coefficient (Wildman–Crippen LogP) is 2.65. The maximum absolute atomic E-state index is 12.4. The minimum absolute atomic E-state index is 0.0339. The Morgan fingerprint density at radius 1 is 1.33 bits per heavy atom. The minimum atomic E-state index is -2.58. The molecule has 0 N–H and O–H groups in total. The Hall–Kier alpha value is -0.470. The minimum Gasteiger partial charge on any atom is -0.299 e. The van der Waals surface area contributed by atoms with E-state index in [1.54, 1.807) is 20.8 Å². The lowest BCUT2D eigenvalue weighted by molar-refractivity contribution is -0.155. The van der Waals surface area contributed by atoms with Gasteiger partial charge in [-0.2, -0.15) is 0 Å². The van der Waals surface area contributed by atoms with Gasteiger partial charge in [-0.05, 0) is 0 Å². The van der Waals surface area contributed by atoms with Crippen LogP contribution >= 0.6 is 0 Å². The summed E-state index contributed by atoms with van der Waals surface area (Å²) in [5.74, 6) is -3.01. The van der Waals surface area contributed by atoms with E-state index in [1.165, 1.54) is 0 Å². The second kappa shape index (κ2) is 2.51. The molecule has 1 aliphatic carbocycles. The highest BCUT2D eigenvalue weighted by atomic mass is 19.3. The molecule has 0 amide bonds. The zero-order valence-corrected chi connectivity index (χ0v) is 7.66. The molecule has 0 aromatic rings. The van der Waals surface area contributed by atoms with Gasteiger partial charge in [-0.1, -0.05) is 20.8 Å². The van der Waals surface area contributed by atoms with Crippen LogP contribution in [0.1, 0.15) is 33.6 Å². The van der Waals surface area contributed by atoms with Gasteiger partial charge in [0, 0.05) is 24.2 Å². The average molecular weight is 176 g/mol. The molecule has 0 unspecified atom stereocenters. The van der Waals surface area contributed by atoms with E-state index < -0.39 is 17.3 Å². The fourth-order valence-corrected chi connectivity index (χ4v) is 1.46. The lowest BCUT2D eigenvalue weighted by Crippen LogP contribution is -2.43. The Kier molecular flexibility index (Phi) is 2.01. The third-order valence-corrected chi connectivity index (χ3v) is 2.20. The van der Waals surface area contributed by atoms with Crippen molar-refractivity contribution in [2.24, 2.45) is 11.3 Å². The van der Waals surface area contributed by atoms with E-state index in [9.17, 15) is 13.6 Å². The van der Waals surface area contributed by atoms with Crippen LogP contribution in [0.25, 0.3) is 0 Å². The summed E-state index contributed by atoms with van der Waals surface area (Å²) in [5.41, 5.74) is -0.471. The van der Waals surface area contributed by atoms with Gasteiger partial charge in [0.1, 0.15) is 5.78 Å². The highest BCUT2D eigenvalue weighted by molar-refractivity contribution is 5.86. The summed E-state index contributed by atoms with van der Waals surface area (Å²) >= 11 is 0. The zero-order chi connectivity index (χ0) is 9.57. The van der Waals surface area contributed by atoms with Gasteiger partial charge in [-0.25, -0.2) is 8.78 Å². The molecule has 70 valence electrons. The fourth-order valence-electron chi connectivity index (χ4n) is 1.46. The molecule has 0 spiro atoms. The number of Topliss-reactive ketones (excluding diaryl/α,β-unsaturated/α-hetero) is 1. The largest absolute Gasteiger partial charge is 0.299 e. The van der Waals surface area contributed by atoms with Crippen LogP contribution < -0.4 is 0 Å². The lowest BCUT2D eigenvalue weighted by Gasteiger charge is -2.37. The monoisotopic (exact) mass is 176 g/mol. The smallest absolute Gasteiger partial charge is 0.249 e. The molecule has 0 saturated heterocycles. The molecule has 12 heavy (non-hydrogen) atoms. The first kappa shape index (κ1) is 9.62. The molecule has 1 saturated carbocycles. The molecule has 0 atom stereocenters. The van der Waals surface area contributed by atoms with Gasteiger partial charge in [0.05, 0.1) is 0 Å². The molecular weight excluding hydrogens is 162 g/mol. The maximum atomic E-state index is 12.4. The van der Waals surface area contributed by atoms with E-state index >= 15 is 0 Å². The second-order valence-electron chi connectivity index (χ2n) is 4.58. The second-order valence-corrected chi connectivity index (χ2v) is 4.58. The van der Waals surface area contributed by atoms with Crippen LogP contribution in [0.15, 0.2) is 0 Å². The van der Waals surface area contributed by atoms with Crippen LogP contribution in [0.4, 0.5) is 8.78 Å². The van der Waals surface area contributed by atoms with E-state index in [1.807, 2.05) is 0 Å². The molecule has 3 heteroatoms. The molecule has 1 aliphatic rings. The van der Waals surface area contributed by atoms with Crippen molar-refractivity contribution in [3.8, 4) is 0 Å². The van der Waals surface area contributed by atoms with Gasteiger partial charge in [0.15, 0.2) is 0 Å². The summed E-state index contributed by atoms with van der Waals surface area (Å²) in [7, 11) is 0. The third kappa shape index (κ3) is 1.82. The molecular formula is C9H14F2O. The molecule has 0 aromatic heterocycles. The molecule has 0 heterocycles. The summed E-state index contributed by atoms with van der Waals surface area (Å²) in [6.07, 6.45) is -0.494. The van der Waals surface area contributed by atoms with Gasteiger partial charge in [0.25, 0.3) is 0 Å². The maximum Gasteiger partial charge on any atom is 0.249 e. The Morgan fingerprint density at radius 2 is 1.75 bits per heavy atom. The number of carbonyl (C=O) groups is 1. The van der Waals surface area contributed by atoms with Crippen LogP contribution in [0.2, 0.25) is 0 Å². The summed E-state index contributed by atoms with van der Waals surface area (Å²) < 4.78 is 24.8. The van der Waals surface area contributed by atoms with Crippen molar-refractivity contribution >= 4 is 5.78 Å². The fraction of sp³-hybridized carbons (Fsp3) is 0.889. The normalized spacial score (nSPS) is 23.4. The van der Waals surface area contributed by atoms with E-state index in [0.29, 0.717) is 0 Å². The molecule has 1 nitrogen and oxygen atoms in total. The van der Waals surface area contributed by atoms with Crippen molar-refractivity contribution in [1.82, 2.24) is 0 Å². The highest BCUT2D eigenvalue weighted by Gasteiger charge is 2.50. The number of ketones is 1. The van der Waals surface area contributed by atoms with Gasteiger partial charge in [0.2, 0.25) is 5.92 Å². The van der Waals surface area contributed by atoms with Crippen LogP contribution in [-0.2, 0) is 4.79 Å². The van der Waals surface area contributed by atoms with Crippen LogP contribution in [-0.4, -0.2) is 11.7 Å². The number of carbonyl (C=O) groups excluding carboxylic acids is 1.